The molecule has 0 radical (unpaired) electrons. The predicted octanol–water partition coefficient (Wildman–Crippen LogP) is 2.55. The van der Waals surface area contributed by atoms with E-state index in [1.165, 1.54) is 0 Å². The summed E-state index contributed by atoms with van der Waals surface area (Å²) >= 11 is 0. The normalized spacial score (nSPS) is 26.2. The zero-order chi connectivity index (χ0) is 13.1. The SMILES string of the molecule is CN(C(=O)OC(C)(C)C)[C@@H]1CCC[C@H](O)CC1. The van der Waals surface area contributed by atoms with Gasteiger partial charge in [0.2, 0.25) is 0 Å². The summed E-state index contributed by atoms with van der Waals surface area (Å²) < 4.78 is 5.34. The van der Waals surface area contributed by atoms with Crippen LogP contribution in [-0.2, 0) is 4.74 Å². The van der Waals surface area contributed by atoms with Gasteiger partial charge in [-0.15, -0.1) is 0 Å². The van der Waals surface area contributed by atoms with Crippen LogP contribution in [-0.4, -0.2) is 40.9 Å². The standard InChI is InChI=1S/C13H25NO3/c1-13(2,3)17-12(16)14(4)10-6-5-7-11(15)9-8-10/h10-11,15H,5-9H2,1-4H3/t10-,11+/m1/s1. The van der Waals surface area contributed by atoms with Gasteiger partial charge in [0, 0.05) is 13.1 Å². The van der Waals surface area contributed by atoms with E-state index in [-0.39, 0.29) is 18.2 Å². The molecule has 0 saturated heterocycles. The molecule has 1 N–H and O–H groups in total. The molecule has 1 aliphatic carbocycles. The van der Waals surface area contributed by atoms with Crippen molar-refractivity contribution in [1.82, 2.24) is 4.90 Å². The average Bonchev–Trinajstić information content (AvgIpc) is 2.39. The molecule has 0 heterocycles. The first-order valence-corrected chi connectivity index (χ1v) is 6.43. The lowest BCUT2D eigenvalue weighted by Gasteiger charge is -2.30. The van der Waals surface area contributed by atoms with Crippen molar-refractivity contribution in [2.24, 2.45) is 0 Å². The number of carbonyl (C=O) groups is 1. The quantitative estimate of drug-likeness (QED) is 0.720. The summed E-state index contributed by atoms with van der Waals surface area (Å²) in [4.78, 5) is 13.6. The molecule has 1 amide bonds. The van der Waals surface area contributed by atoms with Crippen molar-refractivity contribution in [3.8, 4) is 0 Å². The van der Waals surface area contributed by atoms with Gasteiger partial charge in [-0.1, -0.05) is 0 Å². The fourth-order valence-electron chi connectivity index (χ4n) is 2.13. The van der Waals surface area contributed by atoms with E-state index >= 15 is 0 Å². The third-order valence-corrected chi connectivity index (χ3v) is 3.14. The second kappa shape index (κ2) is 5.71. The summed E-state index contributed by atoms with van der Waals surface area (Å²) in [6.07, 6.45) is 3.94. The predicted molar refractivity (Wildman–Crippen MR) is 66.9 cm³/mol. The number of rotatable bonds is 1. The van der Waals surface area contributed by atoms with Crippen LogP contribution in [0.15, 0.2) is 0 Å². The fraction of sp³-hybridized carbons (Fsp3) is 0.923. The third kappa shape index (κ3) is 4.94. The van der Waals surface area contributed by atoms with E-state index in [0.717, 1.165) is 32.1 Å². The molecule has 2 atom stereocenters. The van der Waals surface area contributed by atoms with E-state index in [9.17, 15) is 9.90 Å². The Bertz CT molecular complexity index is 260. The largest absolute Gasteiger partial charge is 0.444 e. The Morgan fingerprint density at radius 1 is 1.24 bits per heavy atom. The summed E-state index contributed by atoms with van der Waals surface area (Å²) in [6.45, 7) is 5.61. The number of nitrogens with zero attached hydrogens (tertiary/aromatic N) is 1. The van der Waals surface area contributed by atoms with Gasteiger partial charge in [-0.05, 0) is 52.9 Å². The molecular weight excluding hydrogens is 218 g/mol. The van der Waals surface area contributed by atoms with Crippen LogP contribution in [0.3, 0.4) is 0 Å². The molecule has 0 spiro atoms. The molecule has 0 aromatic rings. The highest BCUT2D eigenvalue weighted by molar-refractivity contribution is 5.68. The summed E-state index contributed by atoms with van der Waals surface area (Å²) in [5.74, 6) is 0. The average molecular weight is 243 g/mol. The van der Waals surface area contributed by atoms with E-state index < -0.39 is 5.60 Å². The molecule has 0 aromatic heterocycles. The van der Waals surface area contributed by atoms with Crippen LogP contribution in [0.4, 0.5) is 4.79 Å². The van der Waals surface area contributed by atoms with Gasteiger partial charge in [0.1, 0.15) is 5.60 Å². The van der Waals surface area contributed by atoms with Crippen molar-refractivity contribution >= 4 is 6.09 Å². The van der Waals surface area contributed by atoms with Crippen molar-refractivity contribution in [2.75, 3.05) is 7.05 Å². The molecular formula is C13H25NO3. The molecule has 1 rings (SSSR count). The minimum atomic E-state index is -0.449. The highest BCUT2D eigenvalue weighted by Crippen LogP contribution is 2.22. The van der Waals surface area contributed by atoms with E-state index in [2.05, 4.69) is 0 Å². The van der Waals surface area contributed by atoms with E-state index in [0.29, 0.717) is 0 Å². The lowest BCUT2D eigenvalue weighted by Crippen LogP contribution is -2.40. The minimum absolute atomic E-state index is 0.196. The van der Waals surface area contributed by atoms with Crippen LogP contribution in [0, 0.1) is 0 Å². The Morgan fingerprint density at radius 2 is 1.88 bits per heavy atom. The van der Waals surface area contributed by atoms with Gasteiger partial charge < -0.3 is 14.7 Å². The monoisotopic (exact) mass is 243 g/mol. The molecule has 0 unspecified atom stereocenters. The Hall–Kier alpha value is -0.770. The van der Waals surface area contributed by atoms with Crippen molar-refractivity contribution in [1.29, 1.82) is 0 Å². The lowest BCUT2D eigenvalue weighted by molar-refractivity contribution is 0.0204. The maximum Gasteiger partial charge on any atom is 0.410 e. The van der Waals surface area contributed by atoms with Crippen LogP contribution >= 0.6 is 0 Å². The second-order valence-electron chi connectivity index (χ2n) is 5.91. The van der Waals surface area contributed by atoms with Gasteiger partial charge in [0.05, 0.1) is 6.10 Å². The van der Waals surface area contributed by atoms with Crippen LogP contribution in [0.25, 0.3) is 0 Å². The van der Waals surface area contributed by atoms with Crippen molar-refractivity contribution in [3.63, 3.8) is 0 Å². The van der Waals surface area contributed by atoms with Crippen LogP contribution in [0.5, 0.6) is 0 Å². The molecule has 1 aliphatic rings. The number of amides is 1. The maximum absolute atomic E-state index is 11.9. The topological polar surface area (TPSA) is 49.8 Å². The first-order chi connectivity index (χ1) is 7.79. The summed E-state index contributed by atoms with van der Waals surface area (Å²) in [7, 11) is 1.79. The molecule has 17 heavy (non-hydrogen) atoms. The van der Waals surface area contributed by atoms with Crippen LogP contribution in [0.2, 0.25) is 0 Å². The molecule has 4 heteroatoms. The highest BCUT2D eigenvalue weighted by atomic mass is 16.6. The zero-order valence-corrected chi connectivity index (χ0v) is 11.4. The Morgan fingerprint density at radius 3 is 2.47 bits per heavy atom. The highest BCUT2D eigenvalue weighted by Gasteiger charge is 2.27. The van der Waals surface area contributed by atoms with Gasteiger partial charge in [0.25, 0.3) is 0 Å². The van der Waals surface area contributed by atoms with Crippen LogP contribution < -0.4 is 0 Å². The number of carbonyl (C=O) groups excluding carboxylic acids is 1. The van der Waals surface area contributed by atoms with Crippen LogP contribution in [0.1, 0.15) is 52.9 Å². The maximum atomic E-state index is 11.9. The molecule has 0 bridgehead atoms. The first kappa shape index (κ1) is 14.3. The van der Waals surface area contributed by atoms with Crippen molar-refractivity contribution in [3.05, 3.63) is 0 Å². The molecule has 1 saturated carbocycles. The second-order valence-corrected chi connectivity index (χ2v) is 5.91. The van der Waals surface area contributed by atoms with E-state index in [4.69, 9.17) is 4.74 Å². The fourth-order valence-corrected chi connectivity index (χ4v) is 2.13. The van der Waals surface area contributed by atoms with Gasteiger partial charge in [-0.2, -0.15) is 0 Å². The Labute approximate surface area is 104 Å². The third-order valence-electron chi connectivity index (χ3n) is 3.14. The zero-order valence-electron chi connectivity index (χ0n) is 11.4. The van der Waals surface area contributed by atoms with Crippen molar-refractivity contribution in [2.45, 2.75) is 70.6 Å². The molecule has 4 nitrogen and oxygen atoms in total. The van der Waals surface area contributed by atoms with E-state index in [1.54, 1.807) is 11.9 Å². The number of hydrogen-bond donors (Lipinski definition) is 1. The number of aliphatic hydroxyl groups excluding tert-OH is 1. The smallest absolute Gasteiger partial charge is 0.410 e. The Kier molecular flexibility index (Phi) is 4.80. The van der Waals surface area contributed by atoms with Gasteiger partial charge in [-0.3, -0.25) is 0 Å². The molecule has 0 aliphatic heterocycles. The van der Waals surface area contributed by atoms with Gasteiger partial charge in [-0.25, -0.2) is 4.79 Å². The molecule has 100 valence electrons. The van der Waals surface area contributed by atoms with Gasteiger partial charge in [0.15, 0.2) is 0 Å². The first-order valence-electron chi connectivity index (χ1n) is 6.43. The minimum Gasteiger partial charge on any atom is -0.444 e. The number of ether oxygens (including phenoxy) is 1. The molecule has 0 aromatic carbocycles. The number of aliphatic hydroxyl groups is 1. The summed E-state index contributed by atoms with van der Waals surface area (Å²) in [5, 5.41) is 9.58. The van der Waals surface area contributed by atoms with Crippen molar-refractivity contribution < 1.29 is 14.6 Å². The van der Waals surface area contributed by atoms with Gasteiger partial charge >= 0.3 is 6.09 Å². The summed E-state index contributed by atoms with van der Waals surface area (Å²) in [5.41, 5.74) is -0.449. The molecule has 1 fully saturated rings. The number of hydrogen-bond acceptors (Lipinski definition) is 3. The van der Waals surface area contributed by atoms with E-state index in [1.807, 2.05) is 20.8 Å². The summed E-state index contributed by atoms with van der Waals surface area (Å²) in [6, 6.07) is 0.196. The Balaban J connectivity index is 2.51. The lowest BCUT2D eigenvalue weighted by atomic mass is 10.1.